The molecular formula is C13H10N4O4S. The predicted molar refractivity (Wildman–Crippen MR) is 75.3 cm³/mol. The fraction of sp³-hybridized carbons (Fsp3) is 0.308. The summed E-state index contributed by atoms with van der Waals surface area (Å²) in [4.78, 5) is 38.1. The van der Waals surface area contributed by atoms with Gasteiger partial charge >= 0.3 is 6.09 Å². The van der Waals surface area contributed by atoms with Gasteiger partial charge in [0.2, 0.25) is 0 Å². The van der Waals surface area contributed by atoms with Crippen molar-refractivity contribution in [2.45, 2.75) is 6.04 Å². The van der Waals surface area contributed by atoms with Gasteiger partial charge in [0.05, 0.1) is 17.8 Å². The molecule has 0 spiro atoms. The molecule has 2 saturated heterocycles. The third-order valence-corrected chi connectivity index (χ3v) is 4.36. The van der Waals surface area contributed by atoms with E-state index in [1.165, 1.54) is 0 Å². The fourth-order valence-electron chi connectivity index (χ4n) is 2.60. The molecule has 4 rings (SSSR count). The second kappa shape index (κ2) is 4.73. The first-order valence-electron chi connectivity index (χ1n) is 6.64. The minimum Gasteiger partial charge on any atom is -0.439 e. The molecule has 3 heterocycles. The van der Waals surface area contributed by atoms with Gasteiger partial charge in [0.15, 0.2) is 6.61 Å². The summed E-state index contributed by atoms with van der Waals surface area (Å²) >= 11 is 1.10. The number of likely N-dealkylation sites (tertiary alicyclic amines) is 1. The van der Waals surface area contributed by atoms with Crippen molar-refractivity contribution in [3.63, 3.8) is 0 Å². The van der Waals surface area contributed by atoms with Gasteiger partial charge < -0.3 is 9.64 Å². The second-order valence-electron chi connectivity index (χ2n) is 5.15. The van der Waals surface area contributed by atoms with Crippen molar-refractivity contribution in [2.24, 2.45) is 0 Å². The van der Waals surface area contributed by atoms with Crippen LogP contribution in [0.5, 0.6) is 0 Å². The highest BCUT2D eigenvalue weighted by atomic mass is 32.1. The molecule has 9 heteroatoms. The molecule has 0 radical (unpaired) electrons. The summed E-state index contributed by atoms with van der Waals surface area (Å²) in [5.41, 5.74) is 1.97. The lowest BCUT2D eigenvalue weighted by atomic mass is 10.0. The molecule has 3 amide bonds. The van der Waals surface area contributed by atoms with E-state index in [0.717, 1.165) is 22.1 Å². The maximum atomic E-state index is 12.4. The number of carbonyl (C=O) groups is 3. The normalized spacial score (nSPS) is 18.7. The molecule has 0 bridgehead atoms. The Labute approximate surface area is 128 Å². The highest BCUT2D eigenvalue weighted by molar-refractivity contribution is 7.00. The van der Waals surface area contributed by atoms with Gasteiger partial charge in [-0.15, -0.1) is 0 Å². The summed E-state index contributed by atoms with van der Waals surface area (Å²) in [6.45, 7) is 0.441. The van der Waals surface area contributed by atoms with E-state index in [-0.39, 0.29) is 24.5 Å². The van der Waals surface area contributed by atoms with Crippen LogP contribution < -0.4 is 0 Å². The average Bonchev–Trinajstić information content (AvgIpc) is 3.05. The highest BCUT2D eigenvalue weighted by Crippen LogP contribution is 2.22. The molecule has 0 unspecified atom stereocenters. The van der Waals surface area contributed by atoms with Gasteiger partial charge in [0.1, 0.15) is 11.0 Å². The quantitative estimate of drug-likeness (QED) is 0.800. The van der Waals surface area contributed by atoms with Crippen LogP contribution in [0.3, 0.4) is 0 Å². The molecule has 1 aromatic carbocycles. The van der Waals surface area contributed by atoms with E-state index >= 15 is 0 Å². The zero-order valence-corrected chi connectivity index (χ0v) is 12.1. The molecule has 2 fully saturated rings. The molecule has 8 nitrogen and oxygen atoms in total. The number of carbonyl (C=O) groups excluding carboxylic acids is 3. The molecule has 0 aliphatic carbocycles. The van der Waals surface area contributed by atoms with Crippen LogP contribution in [0.1, 0.15) is 10.4 Å². The minimum atomic E-state index is -0.628. The number of cyclic esters (lactones) is 1. The number of amides is 3. The number of rotatable bonds is 2. The van der Waals surface area contributed by atoms with Gasteiger partial charge in [-0.2, -0.15) is 8.75 Å². The Hall–Kier alpha value is -2.55. The van der Waals surface area contributed by atoms with Crippen LogP contribution >= 0.6 is 11.7 Å². The first-order valence-corrected chi connectivity index (χ1v) is 7.37. The summed E-state index contributed by atoms with van der Waals surface area (Å²) < 4.78 is 12.9. The molecule has 2 aromatic rings. The van der Waals surface area contributed by atoms with Gasteiger partial charge in [0.25, 0.3) is 11.8 Å². The van der Waals surface area contributed by atoms with Gasteiger partial charge in [-0.3, -0.25) is 9.59 Å². The third-order valence-electron chi connectivity index (χ3n) is 3.80. The molecule has 1 aromatic heterocycles. The smallest absolute Gasteiger partial charge is 0.417 e. The summed E-state index contributed by atoms with van der Waals surface area (Å²) in [6, 6.07) is 4.86. The second-order valence-corrected chi connectivity index (χ2v) is 5.68. The topological polar surface area (TPSA) is 92.7 Å². The maximum absolute atomic E-state index is 12.4. The van der Waals surface area contributed by atoms with Crippen LogP contribution in [-0.4, -0.2) is 62.2 Å². The largest absolute Gasteiger partial charge is 0.439 e. The first-order chi connectivity index (χ1) is 10.6. The van der Waals surface area contributed by atoms with Gasteiger partial charge in [-0.1, -0.05) is 0 Å². The van der Waals surface area contributed by atoms with Crippen molar-refractivity contribution in [3.05, 3.63) is 23.8 Å². The maximum Gasteiger partial charge on any atom is 0.417 e. The van der Waals surface area contributed by atoms with E-state index in [9.17, 15) is 14.4 Å². The van der Waals surface area contributed by atoms with E-state index in [2.05, 4.69) is 13.5 Å². The Morgan fingerprint density at radius 2 is 2.00 bits per heavy atom. The van der Waals surface area contributed by atoms with Crippen LogP contribution in [0, 0.1) is 0 Å². The number of aromatic nitrogens is 2. The van der Waals surface area contributed by atoms with E-state index in [1.54, 1.807) is 23.1 Å². The summed E-state index contributed by atoms with van der Waals surface area (Å²) in [6.07, 6.45) is -0.628. The lowest BCUT2D eigenvalue weighted by molar-refractivity contribution is -0.129. The van der Waals surface area contributed by atoms with Gasteiger partial charge in [-0.05, 0) is 18.2 Å². The summed E-state index contributed by atoms with van der Waals surface area (Å²) in [7, 11) is 0. The van der Waals surface area contributed by atoms with E-state index in [4.69, 9.17) is 0 Å². The van der Waals surface area contributed by atoms with Gasteiger partial charge in [-0.25, -0.2) is 9.69 Å². The Bertz CT molecular complexity index is 782. The lowest BCUT2D eigenvalue weighted by Crippen LogP contribution is -2.62. The van der Waals surface area contributed by atoms with Crippen LogP contribution in [-0.2, 0) is 9.53 Å². The minimum absolute atomic E-state index is 0.147. The zero-order valence-electron chi connectivity index (χ0n) is 11.3. The van der Waals surface area contributed by atoms with Crippen LogP contribution in [0.25, 0.3) is 11.0 Å². The standard InChI is InChI=1S/C13H10N4O4S/c18-11-6-21-13(20)17(11)8-4-16(5-8)12(19)7-1-2-9-10(3-7)15-22-14-9/h1-3,8H,4-6H2. The van der Waals surface area contributed by atoms with Crippen molar-refractivity contribution in [1.82, 2.24) is 18.5 Å². The zero-order chi connectivity index (χ0) is 15.3. The molecule has 0 atom stereocenters. The van der Waals surface area contributed by atoms with E-state index in [1.807, 2.05) is 0 Å². The van der Waals surface area contributed by atoms with Crippen molar-refractivity contribution >= 4 is 40.7 Å². The van der Waals surface area contributed by atoms with Crippen LogP contribution in [0.2, 0.25) is 0 Å². The SMILES string of the molecule is O=C(c1ccc2nsnc2c1)N1CC(N2C(=O)COC2=O)C1. The number of ether oxygens (including phenoxy) is 1. The molecule has 0 N–H and O–H groups in total. The predicted octanol–water partition coefficient (Wildman–Crippen LogP) is 0.495. The number of imide groups is 1. The Kier molecular flexibility index (Phi) is 2.83. The molecule has 112 valence electrons. The molecular weight excluding hydrogens is 308 g/mol. The number of nitrogens with zero attached hydrogens (tertiary/aromatic N) is 4. The molecule has 0 saturated carbocycles. The van der Waals surface area contributed by atoms with E-state index < -0.39 is 6.09 Å². The average molecular weight is 318 g/mol. The number of fused-ring (bicyclic) bond motifs is 1. The number of hydrogen-bond donors (Lipinski definition) is 0. The third kappa shape index (κ3) is 1.93. The van der Waals surface area contributed by atoms with Crippen molar-refractivity contribution in [1.29, 1.82) is 0 Å². The number of benzene rings is 1. The molecule has 2 aliphatic heterocycles. The van der Waals surface area contributed by atoms with E-state index in [0.29, 0.717) is 24.2 Å². The fourth-order valence-corrected chi connectivity index (χ4v) is 3.12. The van der Waals surface area contributed by atoms with Crippen molar-refractivity contribution in [3.8, 4) is 0 Å². The monoisotopic (exact) mass is 318 g/mol. The summed E-state index contributed by atoms with van der Waals surface area (Å²) in [5, 5.41) is 0. The van der Waals surface area contributed by atoms with Crippen molar-refractivity contribution in [2.75, 3.05) is 19.7 Å². The lowest BCUT2D eigenvalue weighted by Gasteiger charge is -2.41. The molecule has 2 aliphatic rings. The highest BCUT2D eigenvalue weighted by Gasteiger charge is 2.44. The Morgan fingerprint density at radius 3 is 2.73 bits per heavy atom. The van der Waals surface area contributed by atoms with Crippen LogP contribution in [0.15, 0.2) is 18.2 Å². The van der Waals surface area contributed by atoms with Crippen LogP contribution in [0.4, 0.5) is 4.79 Å². The van der Waals surface area contributed by atoms with Gasteiger partial charge in [0, 0.05) is 18.7 Å². The number of hydrogen-bond acceptors (Lipinski definition) is 7. The van der Waals surface area contributed by atoms with Crippen molar-refractivity contribution < 1.29 is 19.1 Å². The first kappa shape index (κ1) is 13.1. The Morgan fingerprint density at radius 1 is 1.23 bits per heavy atom. The Balaban J connectivity index is 1.47. The molecule has 22 heavy (non-hydrogen) atoms. The summed E-state index contributed by atoms with van der Waals surface area (Å²) in [5.74, 6) is -0.497.